The first kappa shape index (κ1) is 15.3. The Kier molecular flexibility index (Phi) is 4.67. The topological polar surface area (TPSA) is 26.7 Å². The van der Waals surface area contributed by atoms with Crippen LogP contribution in [0.1, 0.15) is 17.2 Å². The lowest BCUT2D eigenvalue weighted by Crippen LogP contribution is -2.46. The second-order valence-electron chi connectivity index (χ2n) is 5.16. The number of benzene rings is 1. The Bertz CT molecular complexity index is 425. The maximum absolute atomic E-state index is 12.5. The van der Waals surface area contributed by atoms with Gasteiger partial charge in [0.1, 0.15) is 0 Å². The number of likely N-dealkylation sites (N-methyl/N-ethyl adjacent to an activating group) is 1. The first-order valence-corrected chi connectivity index (χ1v) is 6.62. The van der Waals surface area contributed by atoms with Gasteiger partial charge in [0, 0.05) is 26.2 Å². The summed E-state index contributed by atoms with van der Waals surface area (Å²) in [5.74, 6) is 0. The summed E-state index contributed by atoms with van der Waals surface area (Å²) in [6, 6.07) is 4.85. The van der Waals surface area contributed by atoms with Crippen LogP contribution in [0, 0.1) is 0 Å². The number of aliphatic hydroxyl groups excluding tert-OH is 1. The highest BCUT2D eigenvalue weighted by Gasteiger charge is 2.31. The predicted molar refractivity (Wildman–Crippen MR) is 70.3 cm³/mol. The fourth-order valence-electron chi connectivity index (χ4n) is 2.46. The van der Waals surface area contributed by atoms with Crippen LogP contribution in [0.15, 0.2) is 24.3 Å². The highest BCUT2D eigenvalue weighted by molar-refractivity contribution is 5.27. The van der Waals surface area contributed by atoms with Gasteiger partial charge in [-0.25, -0.2) is 0 Å². The van der Waals surface area contributed by atoms with Crippen LogP contribution in [0.2, 0.25) is 0 Å². The smallest absolute Gasteiger partial charge is 0.394 e. The fraction of sp³-hybridized carbons (Fsp3) is 0.571. The summed E-state index contributed by atoms with van der Waals surface area (Å²) >= 11 is 0. The minimum absolute atomic E-state index is 0.0882. The molecule has 1 saturated heterocycles. The number of hydrogen-bond donors (Lipinski definition) is 1. The summed E-state index contributed by atoms with van der Waals surface area (Å²) in [5, 5.41) is 9.55. The molecule has 0 spiro atoms. The third-order valence-electron chi connectivity index (χ3n) is 3.77. The van der Waals surface area contributed by atoms with Crippen LogP contribution in [0.3, 0.4) is 0 Å². The second kappa shape index (κ2) is 6.11. The zero-order valence-corrected chi connectivity index (χ0v) is 11.4. The molecule has 0 aliphatic carbocycles. The number of hydrogen-bond acceptors (Lipinski definition) is 3. The lowest BCUT2D eigenvalue weighted by molar-refractivity contribution is -0.137. The summed E-state index contributed by atoms with van der Waals surface area (Å²) in [5.41, 5.74) is 0.0707. The second-order valence-corrected chi connectivity index (χ2v) is 5.16. The van der Waals surface area contributed by atoms with E-state index >= 15 is 0 Å². The Labute approximate surface area is 116 Å². The first-order valence-electron chi connectivity index (χ1n) is 6.62. The number of halogens is 3. The molecule has 1 aromatic carbocycles. The van der Waals surface area contributed by atoms with E-state index in [-0.39, 0.29) is 12.6 Å². The van der Waals surface area contributed by atoms with E-state index in [9.17, 15) is 18.3 Å². The molecule has 3 nitrogen and oxygen atoms in total. The Hall–Kier alpha value is -1.11. The molecule has 1 atom stereocenters. The molecular formula is C14H19F3N2O. The van der Waals surface area contributed by atoms with E-state index in [2.05, 4.69) is 9.80 Å². The number of piperazine rings is 1. The molecule has 1 heterocycles. The van der Waals surface area contributed by atoms with Crippen molar-refractivity contribution in [2.45, 2.75) is 12.2 Å². The minimum atomic E-state index is -4.32. The molecule has 112 valence electrons. The van der Waals surface area contributed by atoms with Crippen molar-refractivity contribution < 1.29 is 18.3 Å². The van der Waals surface area contributed by atoms with Gasteiger partial charge in [0.25, 0.3) is 0 Å². The van der Waals surface area contributed by atoms with Crippen molar-refractivity contribution in [1.82, 2.24) is 9.80 Å². The molecule has 0 bridgehead atoms. The fourth-order valence-corrected chi connectivity index (χ4v) is 2.46. The number of aliphatic hydroxyl groups is 1. The van der Waals surface area contributed by atoms with Gasteiger partial charge >= 0.3 is 6.18 Å². The van der Waals surface area contributed by atoms with Gasteiger partial charge in [-0.15, -0.1) is 0 Å². The lowest BCUT2D eigenvalue weighted by Gasteiger charge is -2.37. The molecule has 6 heteroatoms. The third-order valence-corrected chi connectivity index (χ3v) is 3.77. The van der Waals surface area contributed by atoms with Crippen LogP contribution in [0.25, 0.3) is 0 Å². The Morgan fingerprint density at radius 2 is 1.65 bits per heavy atom. The van der Waals surface area contributed by atoms with Gasteiger partial charge in [-0.3, -0.25) is 4.90 Å². The average Bonchev–Trinajstić information content (AvgIpc) is 2.41. The molecule has 1 aliphatic rings. The molecule has 2 rings (SSSR count). The molecule has 20 heavy (non-hydrogen) atoms. The van der Waals surface area contributed by atoms with Gasteiger partial charge in [0.15, 0.2) is 0 Å². The van der Waals surface area contributed by atoms with Gasteiger partial charge in [-0.2, -0.15) is 13.2 Å². The molecule has 0 saturated carbocycles. The van der Waals surface area contributed by atoms with Crippen LogP contribution < -0.4 is 0 Å². The maximum atomic E-state index is 12.5. The highest BCUT2D eigenvalue weighted by atomic mass is 19.4. The average molecular weight is 288 g/mol. The zero-order chi connectivity index (χ0) is 14.8. The number of rotatable bonds is 3. The standard InChI is InChI=1S/C14H19F3N2O/c1-18-6-8-19(9-7-18)13(10-20)11-2-4-12(5-3-11)14(15,16)17/h2-5,13,20H,6-10H2,1H3. The van der Waals surface area contributed by atoms with Gasteiger partial charge < -0.3 is 10.0 Å². The molecule has 1 unspecified atom stereocenters. The van der Waals surface area contributed by atoms with Crippen LogP contribution >= 0.6 is 0 Å². The van der Waals surface area contributed by atoms with E-state index in [4.69, 9.17) is 0 Å². The Balaban J connectivity index is 2.11. The largest absolute Gasteiger partial charge is 0.416 e. The number of alkyl halides is 3. The molecule has 1 fully saturated rings. The first-order chi connectivity index (χ1) is 9.41. The Morgan fingerprint density at radius 1 is 1.10 bits per heavy atom. The van der Waals surface area contributed by atoms with Gasteiger partial charge in [-0.05, 0) is 24.7 Å². The number of nitrogens with zero attached hydrogens (tertiary/aromatic N) is 2. The lowest BCUT2D eigenvalue weighted by atomic mass is 10.0. The van der Waals surface area contributed by atoms with E-state index in [1.54, 1.807) is 0 Å². The molecule has 1 aromatic rings. The summed E-state index contributed by atoms with van der Waals surface area (Å²) < 4.78 is 37.6. The summed E-state index contributed by atoms with van der Waals surface area (Å²) in [6.45, 7) is 3.33. The highest BCUT2D eigenvalue weighted by Crippen LogP contribution is 2.30. The molecule has 0 amide bonds. The van der Waals surface area contributed by atoms with Crippen LogP contribution in [-0.2, 0) is 6.18 Å². The van der Waals surface area contributed by atoms with Crippen molar-refractivity contribution in [1.29, 1.82) is 0 Å². The van der Waals surface area contributed by atoms with Crippen molar-refractivity contribution in [2.24, 2.45) is 0 Å². The molecule has 1 N–H and O–H groups in total. The zero-order valence-electron chi connectivity index (χ0n) is 11.4. The van der Waals surface area contributed by atoms with Crippen molar-refractivity contribution in [3.05, 3.63) is 35.4 Å². The van der Waals surface area contributed by atoms with Gasteiger partial charge in [-0.1, -0.05) is 12.1 Å². The van der Waals surface area contributed by atoms with Crippen LogP contribution in [0.5, 0.6) is 0 Å². The van der Waals surface area contributed by atoms with E-state index in [0.29, 0.717) is 0 Å². The minimum Gasteiger partial charge on any atom is -0.394 e. The summed E-state index contributed by atoms with van der Waals surface area (Å²) in [4.78, 5) is 4.31. The molecular weight excluding hydrogens is 269 g/mol. The van der Waals surface area contributed by atoms with Crippen molar-refractivity contribution in [2.75, 3.05) is 39.8 Å². The van der Waals surface area contributed by atoms with Gasteiger partial charge in [0.2, 0.25) is 0 Å². The van der Waals surface area contributed by atoms with Crippen molar-refractivity contribution >= 4 is 0 Å². The maximum Gasteiger partial charge on any atom is 0.416 e. The van der Waals surface area contributed by atoms with E-state index < -0.39 is 11.7 Å². The summed E-state index contributed by atoms with van der Waals surface area (Å²) in [6.07, 6.45) is -4.32. The van der Waals surface area contributed by atoms with E-state index in [1.807, 2.05) is 7.05 Å². The van der Waals surface area contributed by atoms with Gasteiger partial charge in [0.05, 0.1) is 18.2 Å². The monoisotopic (exact) mass is 288 g/mol. The summed E-state index contributed by atoms with van der Waals surface area (Å²) in [7, 11) is 2.03. The molecule has 1 aliphatic heterocycles. The van der Waals surface area contributed by atoms with E-state index in [1.165, 1.54) is 12.1 Å². The quantitative estimate of drug-likeness (QED) is 0.921. The normalized spacial score (nSPS) is 20.1. The third kappa shape index (κ3) is 3.50. The predicted octanol–water partition coefficient (Wildman–Crippen LogP) is 1.99. The van der Waals surface area contributed by atoms with Crippen LogP contribution in [0.4, 0.5) is 13.2 Å². The van der Waals surface area contributed by atoms with E-state index in [0.717, 1.165) is 43.9 Å². The van der Waals surface area contributed by atoms with Crippen molar-refractivity contribution in [3.63, 3.8) is 0 Å². The van der Waals surface area contributed by atoms with Crippen molar-refractivity contribution in [3.8, 4) is 0 Å². The molecule has 0 radical (unpaired) electrons. The SMILES string of the molecule is CN1CCN(C(CO)c2ccc(C(F)(F)F)cc2)CC1. The Morgan fingerprint density at radius 3 is 2.10 bits per heavy atom. The molecule has 0 aromatic heterocycles. The van der Waals surface area contributed by atoms with Crippen LogP contribution in [-0.4, -0.2) is 54.7 Å².